The summed E-state index contributed by atoms with van der Waals surface area (Å²) in [6.07, 6.45) is 0.741. The minimum absolute atomic E-state index is 0.265. The van der Waals surface area contributed by atoms with Crippen LogP contribution in [0.25, 0.3) is 0 Å². The minimum Gasteiger partial charge on any atom is -0.458 e. The molecule has 0 unspecified atom stereocenters. The number of hydrogen-bond acceptors (Lipinski definition) is 3. The van der Waals surface area contributed by atoms with Gasteiger partial charge in [-0.25, -0.2) is 0 Å². The molecule has 0 aliphatic carbocycles. The van der Waals surface area contributed by atoms with Gasteiger partial charge in [0.1, 0.15) is 5.76 Å². The zero-order chi connectivity index (χ0) is 12.4. The quantitative estimate of drug-likeness (QED) is 0.671. The predicted molar refractivity (Wildman–Crippen MR) is 67.4 cm³/mol. The van der Waals surface area contributed by atoms with Crippen LogP contribution in [0.1, 0.15) is 28.8 Å². The molecule has 4 heteroatoms. The van der Waals surface area contributed by atoms with Crippen molar-refractivity contribution in [3.05, 3.63) is 52.4 Å². The number of rotatable bonds is 3. The van der Waals surface area contributed by atoms with Crippen LogP contribution in [-0.2, 0) is 6.42 Å². The lowest BCUT2D eigenvalue weighted by molar-refractivity contribution is 0.101. The molecule has 0 saturated heterocycles. The van der Waals surface area contributed by atoms with E-state index in [1.165, 1.54) is 0 Å². The molecule has 2 N–H and O–H groups in total. The van der Waals surface area contributed by atoms with E-state index in [0.29, 0.717) is 16.3 Å². The lowest BCUT2D eigenvalue weighted by Crippen LogP contribution is -2.05. The molecule has 2 rings (SSSR count). The smallest absolute Gasteiger partial charge is 0.231 e. The van der Waals surface area contributed by atoms with Crippen LogP contribution >= 0.6 is 11.6 Å². The van der Waals surface area contributed by atoms with Crippen molar-refractivity contribution >= 4 is 23.1 Å². The molecule has 0 atom stereocenters. The van der Waals surface area contributed by atoms with Crippen LogP contribution in [0.15, 0.2) is 34.7 Å². The van der Waals surface area contributed by atoms with Crippen molar-refractivity contribution in [2.75, 3.05) is 5.73 Å². The van der Waals surface area contributed by atoms with Gasteiger partial charge >= 0.3 is 0 Å². The van der Waals surface area contributed by atoms with Gasteiger partial charge in [0.25, 0.3) is 0 Å². The number of aryl methyl sites for hydroxylation is 1. The first kappa shape index (κ1) is 11.7. The molecular formula is C13H12ClNO2. The number of hydrogen-bond donors (Lipinski definition) is 1. The Morgan fingerprint density at radius 2 is 2.12 bits per heavy atom. The van der Waals surface area contributed by atoms with Gasteiger partial charge in [0.05, 0.1) is 10.6 Å². The molecule has 88 valence electrons. The van der Waals surface area contributed by atoms with Crippen molar-refractivity contribution in [1.82, 2.24) is 0 Å². The van der Waals surface area contributed by atoms with Crippen LogP contribution in [-0.4, -0.2) is 5.78 Å². The van der Waals surface area contributed by atoms with Crippen LogP contribution < -0.4 is 5.73 Å². The van der Waals surface area contributed by atoms with Crippen LogP contribution in [0, 0.1) is 0 Å². The van der Waals surface area contributed by atoms with E-state index in [9.17, 15) is 4.79 Å². The predicted octanol–water partition coefficient (Wildman–Crippen LogP) is 3.31. The second-order valence-electron chi connectivity index (χ2n) is 3.65. The standard InChI is InChI=1S/C13H12ClNO2/c1-2-8-6-7-11(17-8)13(16)12-9(14)4-3-5-10(12)15/h3-7H,2,15H2,1H3. The normalized spacial score (nSPS) is 10.5. The van der Waals surface area contributed by atoms with Crippen LogP contribution in [0.2, 0.25) is 5.02 Å². The highest BCUT2D eigenvalue weighted by molar-refractivity contribution is 6.35. The van der Waals surface area contributed by atoms with Crippen molar-refractivity contribution in [2.24, 2.45) is 0 Å². The van der Waals surface area contributed by atoms with Crippen molar-refractivity contribution in [3.8, 4) is 0 Å². The fourth-order valence-corrected chi connectivity index (χ4v) is 1.86. The second-order valence-corrected chi connectivity index (χ2v) is 4.06. The number of halogens is 1. The number of nitrogens with two attached hydrogens (primary N) is 1. The van der Waals surface area contributed by atoms with E-state index in [0.717, 1.165) is 12.2 Å². The molecule has 2 aromatic rings. The lowest BCUT2D eigenvalue weighted by Gasteiger charge is -2.04. The Hall–Kier alpha value is -1.74. The third-order valence-corrected chi connectivity index (χ3v) is 2.82. The second kappa shape index (κ2) is 4.63. The number of ketones is 1. The van der Waals surface area contributed by atoms with Crippen LogP contribution in [0.3, 0.4) is 0 Å². The molecular weight excluding hydrogens is 238 g/mol. The van der Waals surface area contributed by atoms with E-state index >= 15 is 0 Å². The fraction of sp³-hybridized carbons (Fsp3) is 0.154. The van der Waals surface area contributed by atoms with Gasteiger partial charge in [-0.1, -0.05) is 24.6 Å². The molecule has 0 radical (unpaired) electrons. The molecule has 1 aromatic heterocycles. The van der Waals surface area contributed by atoms with Gasteiger partial charge in [-0.15, -0.1) is 0 Å². The van der Waals surface area contributed by atoms with E-state index in [1.807, 2.05) is 6.92 Å². The molecule has 1 aromatic carbocycles. The summed E-state index contributed by atoms with van der Waals surface area (Å²) in [5, 5.41) is 0.337. The molecule has 0 spiro atoms. The number of benzene rings is 1. The van der Waals surface area contributed by atoms with Crippen molar-refractivity contribution in [2.45, 2.75) is 13.3 Å². The number of furan rings is 1. The molecule has 1 heterocycles. The first-order chi connectivity index (χ1) is 8.13. The molecule has 0 aliphatic rings. The van der Waals surface area contributed by atoms with Gasteiger partial charge in [0.2, 0.25) is 5.78 Å². The van der Waals surface area contributed by atoms with Gasteiger partial charge in [-0.3, -0.25) is 4.79 Å². The van der Waals surface area contributed by atoms with E-state index in [2.05, 4.69) is 0 Å². The number of anilines is 1. The zero-order valence-corrected chi connectivity index (χ0v) is 10.1. The van der Waals surface area contributed by atoms with E-state index in [-0.39, 0.29) is 11.5 Å². The Labute approximate surface area is 104 Å². The molecule has 3 nitrogen and oxygen atoms in total. The summed E-state index contributed by atoms with van der Waals surface area (Å²) in [5.74, 6) is 0.744. The highest BCUT2D eigenvalue weighted by Gasteiger charge is 2.18. The Morgan fingerprint density at radius 3 is 2.71 bits per heavy atom. The highest BCUT2D eigenvalue weighted by atomic mass is 35.5. The number of carbonyl (C=O) groups is 1. The monoisotopic (exact) mass is 249 g/mol. The SMILES string of the molecule is CCc1ccc(C(=O)c2c(N)cccc2Cl)o1. The van der Waals surface area contributed by atoms with Crippen molar-refractivity contribution in [3.63, 3.8) is 0 Å². The van der Waals surface area contributed by atoms with Crippen LogP contribution in [0.5, 0.6) is 0 Å². The summed E-state index contributed by atoms with van der Waals surface area (Å²) in [6, 6.07) is 8.40. The van der Waals surface area contributed by atoms with Gasteiger partial charge in [0.15, 0.2) is 5.76 Å². The Kier molecular flexibility index (Phi) is 3.20. The summed E-state index contributed by atoms with van der Waals surface area (Å²) in [4.78, 5) is 12.2. The Balaban J connectivity index is 2.43. The summed E-state index contributed by atoms with van der Waals surface area (Å²) in [6.45, 7) is 1.96. The average molecular weight is 250 g/mol. The first-order valence-corrected chi connectivity index (χ1v) is 5.68. The summed E-state index contributed by atoms with van der Waals surface area (Å²) in [5.41, 5.74) is 6.41. The Bertz CT molecular complexity index is 540. The number of nitrogen functional groups attached to an aromatic ring is 1. The third kappa shape index (κ3) is 2.19. The van der Waals surface area contributed by atoms with Crippen molar-refractivity contribution in [1.29, 1.82) is 0 Å². The molecule has 0 fully saturated rings. The third-order valence-electron chi connectivity index (χ3n) is 2.51. The zero-order valence-electron chi connectivity index (χ0n) is 9.37. The van der Waals surface area contributed by atoms with Gasteiger partial charge in [-0.2, -0.15) is 0 Å². The molecule has 0 amide bonds. The maximum Gasteiger partial charge on any atom is 0.231 e. The van der Waals surface area contributed by atoms with Gasteiger partial charge < -0.3 is 10.2 Å². The largest absolute Gasteiger partial charge is 0.458 e. The average Bonchev–Trinajstić information content (AvgIpc) is 2.77. The van der Waals surface area contributed by atoms with Crippen LogP contribution in [0.4, 0.5) is 5.69 Å². The topological polar surface area (TPSA) is 56.2 Å². The maximum absolute atomic E-state index is 12.2. The van der Waals surface area contributed by atoms with E-state index in [1.54, 1.807) is 30.3 Å². The van der Waals surface area contributed by atoms with Gasteiger partial charge in [-0.05, 0) is 24.3 Å². The van der Waals surface area contributed by atoms with E-state index < -0.39 is 0 Å². The molecule has 0 saturated carbocycles. The molecule has 17 heavy (non-hydrogen) atoms. The summed E-state index contributed by atoms with van der Waals surface area (Å²) < 4.78 is 5.40. The molecule has 0 bridgehead atoms. The van der Waals surface area contributed by atoms with Gasteiger partial charge in [0, 0.05) is 12.1 Å². The molecule has 0 aliphatic heterocycles. The number of carbonyl (C=O) groups excluding carboxylic acids is 1. The lowest BCUT2D eigenvalue weighted by atomic mass is 10.1. The first-order valence-electron chi connectivity index (χ1n) is 5.31. The summed E-state index contributed by atoms with van der Waals surface area (Å²) >= 11 is 5.97. The highest BCUT2D eigenvalue weighted by Crippen LogP contribution is 2.25. The van der Waals surface area contributed by atoms with Crippen molar-refractivity contribution < 1.29 is 9.21 Å². The van der Waals surface area contributed by atoms with E-state index in [4.69, 9.17) is 21.8 Å². The minimum atomic E-state index is -0.284. The Morgan fingerprint density at radius 1 is 1.35 bits per heavy atom. The maximum atomic E-state index is 12.2. The summed E-state index contributed by atoms with van der Waals surface area (Å²) in [7, 11) is 0. The fourth-order valence-electron chi connectivity index (χ4n) is 1.59.